The van der Waals surface area contributed by atoms with Crippen molar-refractivity contribution in [3.8, 4) is 0 Å². The van der Waals surface area contributed by atoms with Crippen LogP contribution >= 0.6 is 34.9 Å². The summed E-state index contributed by atoms with van der Waals surface area (Å²) in [5.41, 5.74) is 3.30. The quantitative estimate of drug-likeness (QED) is 0.574. The molecule has 1 aliphatic rings. The minimum atomic E-state index is -0.166. The van der Waals surface area contributed by atoms with E-state index in [9.17, 15) is 4.79 Å². The van der Waals surface area contributed by atoms with Gasteiger partial charge in [-0.2, -0.15) is 0 Å². The number of carbonyl (C=O) groups is 1. The van der Waals surface area contributed by atoms with E-state index >= 15 is 0 Å². The highest BCUT2D eigenvalue weighted by atomic mass is 32.2. The molecule has 1 aromatic carbocycles. The Hall–Kier alpha value is -1.31. The lowest BCUT2D eigenvalue weighted by molar-refractivity contribution is -0.112. The molecule has 0 saturated carbocycles. The van der Waals surface area contributed by atoms with Crippen LogP contribution in [0.15, 0.2) is 44.7 Å². The summed E-state index contributed by atoms with van der Waals surface area (Å²) in [6.07, 6.45) is 3.75. The zero-order valence-electron chi connectivity index (χ0n) is 14.1. The Kier molecular flexibility index (Phi) is 5.03. The fraction of sp³-hybridized carbons (Fsp3) is 0.353. The number of likely N-dealkylation sites (N-methyl/N-ethyl adjacent to an activating group) is 1. The maximum Gasteiger partial charge on any atom is 0.175 e. The van der Waals surface area contributed by atoms with Gasteiger partial charge in [-0.3, -0.25) is 4.79 Å². The van der Waals surface area contributed by atoms with Gasteiger partial charge in [0.25, 0.3) is 0 Å². The van der Waals surface area contributed by atoms with Gasteiger partial charge in [0.15, 0.2) is 14.5 Å². The Morgan fingerprint density at radius 1 is 1.29 bits per heavy atom. The molecule has 24 heavy (non-hydrogen) atoms. The van der Waals surface area contributed by atoms with Gasteiger partial charge < -0.3 is 4.90 Å². The summed E-state index contributed by atoms with van der Waals surface area (Å²) in [7, 11) is 2.02. The van der Waals surface area contributed by atoms with Gasteiger partial charge in [0.1, 0.15) is 0 Å². The summed E-state index contributed by atoms with van der Waals surface area (Å²) in [6.45, 7) is 4.33. The molecule has 0 unspecified atom stereocenters. The lowest BCUT2D eigenvalue weighted by Gasteiger charge is -2.23. The topological polar surface area (TPSA) is 46.1 Å². The molecule has 1 aliphatic heterocycles. The van der Waals surface area contributed by atoms with Gasteiger partial charge in [0.05, 0.1) is 5.75 Å². The van der Waals surface area contributed by atoms with E-state index in [0.29, 0.717) is 5.75 Å². The molecule has 0 N–H and O–H groups in total. The van der Waals surface area contributed by atoms with Crippen molar-refractivity contribution < 1.29 is 4.79 Å². The molecule has 7 heteroatoms. The van der Waals surface area contributed by atoms with Crippen LogP contribution in [0.5, 0.6) is 0 Å². The fourth-order valence-corrected chi connectivity index (χ4v) is 5.18. The van der Waals surface area contributed by atoms with E-state index in [1.54, 1.807) is 17.8 Å². The van der Waals surface area contributed by atoms with Gasteiger partial charge in [0, 0.05) is 29.9 Å². The van der Waals surface area contributed by atoms with E-state index in [0.717, 1.165) is 14.4 Å². The van der Waals surface area contributed by atoms with Crippen molar-refractivity contribution in [1.82, 2.24) is 10.2 Å². The molecule has 0 spiro atoms. The highest BCUT2D eigenvalue weighted by Gasteiger charge is 2.38. The number of carbonyl (C=O) groups excluding carboxylic acids is 1. The summed E-state index contributed by atoms with van der Waals surface area (Å²) in [4.78, 5) is 14.6. The number of hydrogen-bond donors (Lipinski definition) is 0. The monoisotopic (exact) mass is 377 g/mol. The van der Waals surface area contributed by atoms with Gasteiger partial charge in [-0.15, -0.1) is 10.2 Å². The first kappa shape index (κ1) is 17.5. The van der Waals surface area contributed by atoms with Gasteiger partial charge in [-0.1, -0.05) is 66.9 Å². The summed E-state index contributed by atoms with van der Waals surface area (Å²) < 4.78 is 1.77. The number of rotatable bonds is 5. The Morgan fingerprint density at radius 2 is 2.00 bits per heavy atom. The van der Waals surface area contributed by atoms with E-state index in [4.69, 9.17) is 0 Å². The molecule has 0 saturated heterocycles. The maximum absolute atomic E-state index is 12.5. The lowest BCUT2D eigenvalue weighted by atomic mass is 9.83. The molecule has 0 radical (unpaired) electrons. The number of ketones is 1. The Bertz CT molecular complexity index is 798. The molecule has 3 rings (SSSR count). The molecule has 0 atom stereocenters. The number of fused-ring (bicyclic) bond motifs is 1. The van der Waals surface area contributed by atoms with Gasteiger partial charge in [-0.05, 0) is 17.9 Å². The third-order valence-electron chi connectivity index (χ3n) is 4.14. The van der Waals surface area contributed by atoms with E-state index in [1.807, 2.05) is 25.4 Å². The lowest BCUT2D eigenvalue weighted by Crippen LogP contribution is -2.24. The highest BCUT2D eigenvalue weighted by Crippen LogP contribution is 2.46. The minimum Gasteiger partial charge on any atom is -0.347 e. The van der Waals surface area contributed by atoms with Crippen LogP contribution in [-0.2, 0) is 10.2 Å². The first-order chi connectivity index (χ1) is 11.4. The summed E-state index contributed by atoms with van der Waals surface area (Å²) in [5, 5.41) is 8.15. The zero-order valence-corrected chi connectivity index (χ0v) is 16.5. The smallest absolute Gasteiger partial charge is 0.175 e. The van der Waals surface area contributed by atoms with Crippen LogP contribution in [0.25, 0.3) is 0 Å². The maximum atomic E-state index is 12.5. The predicted molar refractivity (Wildman–Crippen MR) is 103 cm³/mol. The second-order valence-electron chi connectivity index (χ2n) is 6.02. The van der Waals surface area contributed by atoms with Crippen molar-refractivity contribution in [2.75, 3.05) is 24.0 Å². The number of aromatic nitrogens is 2. The van der Waals surface area contributed by atoms with Gasteiger partial charge >= 0.3 is 0 Å². The molecule has 0 fully saturated rings. The van der Waals surface area contributed by atoms with Crippen LogP contribution in [-0.4, -0.2) is 35.0 Å². The van der Waals surface area contributed by atoms with Crippen LogP contribution in [0.3, 0.4) is 0 Å². The molecule has 0 aliphatic carbocycles. The average Bonchev–Trinajstić information content (AvgIpc) is 3.11. The van der Waals surface area contributed by atoms with Gasteiger partial charge in [-0.25, -0.2) is 0 Å². The van der Waals surface area contributed by atoms with Crippen LogP contribution in [0.1, 0.15) is 19.4 Å². The highest BCUT2D eigenvalue weighted by molar-refractivity contribution is 8.03. The van der Waals surface area contributed by atoms with Crippen molar-refractivity contribution in [2.24, 2.45) is 0 Å². The third kappa shape index (κ3) is 3.25. The van der Waals surface area contributed by atoms with Crippen molar-refractivity contribution in [2.45, 2.75) is 27.9 Å². The number of nitrogens with zero attached hydrogens (tertiary/aromatic N) is 3. The van der Waals surface area contributed by atoms with Crippen molar-refractivity contribution in [3.63, 3.8) is 0 Å². The molecular formula is C17H19N3OS3. The van der Waals surface area contributed by atoms with E-state index in [-0.39, 0.29) is 11.2 Å². The van der Waals surface area contributed by atoms with Crippen LogP contribution in [0.4, 0.5) is 5.69 Å². The SMILES string of the molecule is CSc1nnc(SCC(=O)/C=C2/N(C)c3ccccc3C2(C)C)s1. The van der Waals surface area contributed by atoms with Crippen molar-refractivity contribution in [1.29, 1.82) is 0 Å². The van der Waals surface area contributed by atoms with E-state index < -0.39 is 0 Å². The molecule has 1 aromatic heterocycles. The molecule has 126 valence electrons. The minimum absolute atomic E-state index is 0.101. The summed E-state index contributed by atoms with van der Waals surface area (Å²) in [5.74, 6) is 0.482. The average molecular weight is 378 g/mol. The number of para-hydroxylation sites is 1. The Balaban J connectivity index is 1.75. The number of benzene rings is 1. The second-order valence-corrected chi connectivity index (χ2v) is 9.28. The largest absolute Gasteiger partial charge is 0.347 e. The van der Waals surface area contributed by atoms with E-state index in [2.05, 4.69) is 41.1 Å². The number of thioether (sulfide) groups is 2. The molecule has 0 bridgehead atoms. The van der Waals surface area contributed by atoms with Gasteiger partial charge in [0.2, 0.25) is 0 Å². The molecule has 2 heterocycles. The Labute approximate surface area is 154 Å². The summed E-state index contributed by atoms with van der Waals surface area (Å²) in [6, 6.07) is 8.32. The predicted octanol–water partition coefficient (Wildman–Crippen LogP) is 4.23. The number of anilines is 1. The van der Waals surface area contributed by atoms with Crippen molar-refractivity contribution >= 4 is 46.3 Å². The first-order valence-corrected chi connectivity index (χ1v) is 10.5. The fourth-order valence-electron chi connectivity index (χ4n) is 2.92. The second kappa shape index (κ2) is 6.90. The summed E-state index contributed by atoms with van der Waals surface area (Å²) >= 11 is 4.55. The zero-order chi connectivity index (χ0) is 17.3. The van der Waals surface area contributed by atoms with Crippen molar-refractivity contribution in [3.05, 3.63) is 41.6 Å². The van der Waals surface area contributed by atoms with E-state index in [1.165, 1.54) is 34.3 Å². The first-order valence-electron chi connectivity index (χ1n) is 7.52. The molecule has 0 amide bonds. The van der Waals surface area contributed by atoms with Crippen LogP contribution in [0.2, 0.25) is 0 Å². The Morgan fingerprint density at radius 3 is 2.67 bits per heavy atom. The van der Waals surface area contributed by atoms with Crippen LogP contribution < -0.4 is 4.90 Å². The molecule has 4 nitrogen and oxygen atoms in total. The normalized spacial score (nSPS) is 17.3. The van der Waals surface area contributed by atoms with Crippen LogP contribution in [0, 0.1) is 0 Å². The molecule has 2 aromatic rings. The number of hydrogen-bond acceptors (Lipinski definition) is 7. The molecular weight excluding hydrogens is 358 g/mol. The third-order valence-corrected chi connectivity index (χ3v) is 7.19. The number of allylic oxidation sites excluding steroid dienone is 2. The standard InChI is InChI=1S/C17H19N3OS3/c1-17(2)12-7-5-6-8-13(12)20(3)14(17)9-11(21)10-23-16-19-18-15(22-4)24-16/h5-9H,10H2,1-4H3/b14-9+.